The lowest BCUT2D eigenvalue weighted by Gasteiger charge is -2.14. The maximum Gasteiger partial charge on any atom is 0.320 e. The number of hydrogen-bond donors (Lipinski definition) is 3. The Morgan fingerprint density at radius 1 is 1.43 bits per heavy atom. The van der Waals surface area contributed by atoms with E-state index < -0.39 is 18.0 Å². The number of carbonyl (C=O) groups excluding carboxylic acids is 2. The number of hydrogen-bond acceptors (Lipinski definition) is 8. The second-order valence-corrected chi connectivity index (χ2v) is 5.65. The predicted octanol–water partition coefficient (Wildman–Crippen LogP) is 0.626. The number of nitrogens with one attached hydrogen (secondary N) is 1. The highest BCUT2D eigenvalue weighted by molar-refractivity contribution is 7.19. The van der Waals surface area contributed by atoms with Crippen molar-refractivity contribution < 1.29 is 14.3 Å². The van der Waals surface area contributed by atoms with E-state index in [1.807, 2.05) is 6.07 Å². The Kier molecular flexibility index (Phi) is 5.99. The van der Waals surface area contributed by atoms with Gasteiger partial charge in [-0.3, -0.25) is 14.6 Å². The largest absolute Gasteiger partial charge is 0.450 e. The summed E-state index contributed by atoms with van der Waals surface area (Å²) < 4.78 is 4.84. The first-order valence-electron chi connectivity index (χ1n) is 6.52. The molecule has 0 saturated heterocycles. The summed E-state index contributed by atoms with van der Waals surface area (Å²) in [5, 5.41) is 3.61. The first-order valence-corrected chi connectivity index (χ1v) is 7.71. The maximum absolute atomic E-state index is 12.1. The smallest absolute Gasteiger partial charge is 0.320 e. The molecule has 8 nitrogen and oxygen atoms in total. The van der Waals surface area contributed by atoms with Crippen LogP contribution in [0.4, 0.5) is 5.00 Å². The van der Waals surface area contributed by atoms with Crippen molar-refractivity contribution in [2.45, 2.75) is 6.10 Å². The third kappa shape index (κ3) is 4.45. The van der Waals surface area contributed by atoms with Crippen LogP contribution in [0.2, 0.25) is 5.15 Å². The Hall–Kier alpha value is -2.07. The lowest BCUT2D eigenvalue weighted by atomic mass is 10.3. The number of aromatic nitrogens is 2. The molecule has 0 aromatic carbocycles. The van der Waals surface area contributed by atoms with Crippen LogP contribution in [0.25, 0.3) is 10.6 Å². The quantitative estimate of drug-likeness (QED) is 0.647. The van der Waals surface area contributed by atoms with Crippen LogP contribution < -0.4 is 16.8 Å². The van der Waals surface area contributed by atoms with Gasteiger partial charge in [0.2, 0.25) is 0 Å². The van der Waals surface area contributed by atoms with Crippen molar-refractivity contribution in [3.8, 4) is 10.6 Å². The molecule has 0 aliphatic rings. The Morgan fingerprint density at radius 2 is 2.22 bits per heavy atom. The van der Waals surface area contributed by atoms with Gasteiger partial charge in [0.25, 0.3) is 5.91 Å². The summed E-state index contributed by atoms with van der Waals surface area (Å²) in [6.07, 6.45) is 2.12. The van der Waals surface area contributed by atoms with E-state index in [0.717, 1.165) is 5.56 Å². The van der Waals surface area contributed by atoms with E-state index in [1.54, 1.807) is 18.5 Å². The number of esters is 1. The van der Waals surface area contributed by atoms with Crippen molar-refractivity contribution in [2.24, 2.45) is 11.5 Å². The Bertz CT molecular complexity index is 694. The third-order valence-electron chi connectivity index (χ3n) is 2.68. The topological polar surface area (TPSA) is 133 Å². The molecular formula is C13H14ClN5O3S. The van der Waals surface area contributed by atoms with Gasteiger partial charge in [-0.05, 0) is 12.1 Å². The van der Waals surface area contributed by atoms with Gasteiger partial charge in [0, 0.05) is 24.5 Å². The van der Waals surface area contributed by atoms with Gasteiger partial charge in [-0.15, -0.1) is 0 Å². The lowest BCUT2D eigenvalue weighted by Crippen LogP contribution is -2.39. The van der Waals surface area contributed by atoms with Gasteiger partial charge in [-0.2, -0.15) is 0 Å². The monoisotopic (exact) mass is 355 g/mol. The second kappa shape index (κ2) is 7.97. The number of ether oxygens (including phenoxy) is 1. The summed E-state index contributed by atoms with van der Waals surface area (Å²) in [7, 11) is 0. The van der Waals surface area contributed by atoms with E-state index in [0.29, 0.717) is 10.0 Å². The zero-order valence-electron chi connectivity index (χ0n) is 11.9. The molecule has 0 radical (unpaired) electrons. The molecule has 5 N–H and O–H groups in total. The zero-order valence-corrected chi connectivity index (χ0v) is 13.4. The van der Waals surface area contributed by atoms with E-state index >= 15 is 0 Å². The Labute approximate surface area is 140 Å². The first-order chi connectivity index (χ1) is 11.0. The summed E-state index contributed by atoms with van der Waals surface area (Å²) in [6, 6.07) is 3.58. The van der Waals surface area contributed by atoms with Gasteiger partial charge >= 0.3 is 5.97 Å². The van der Waals surface area contributed by atoms with Gasteiger partial charge in [-0.25, -0.2) is 4.98 Å². The van der Waals surface area contributed by atoms with E-state index in [4.69, 9.17) is 27.8 Å². The molecule has 23 heavy (non-hydrogen) atoms. The molecule has 2 aromatic rings. The SMILES string of the molecule is NCC(=O)OC(CN)C(=O)Nc1sc(-c2cccnc2)nc1Cl. The van der Waals surface area contributed by atoms with Crippen molar-refractivity contribution in [1.82, 2.24) is 9.97 Å². The highest BCUT2D eigenvalue weighted by atomic mass is 35.5. The number of carbonyl (C=O) groups is 2. The number of nitrogens with zero attached hydrogens (tertiary/aromatic N) is 2. The average Bonchev–Trinajstić information content (AvgIpc) is 2.93. The van der Waals surface area contributed by atoms with E-state index in [1.165, 1.54) is 11.3 Å². The number of thiazole rings is 1. The number of amides is 1. The lowest BCUT2D eigenvalue weighted by molar-refractivity contribution is -0.152. The summed E-state index contributed by atoms with van der Waals surface area (Å²) in [4.78, 5) is 31.4. The summed E-state index contributed by atoms with van der Waals surface area (Å²) >= 11 is 7.20. The molecule has 122 valence electrons. The molecule has 2 heterocycles. The van der Waals surface area contributed by atoms with Crippen LogP contribution in [0, 0.1) is 0 Å². The fraction of sp³-hybridized carbons (Fsp3) is 0.231. The van der Waals surface area contributed by atoms with Crippen LogP contribution in [0.1, 0.15) is 0 Å². The molecule has 2 aromatic heterocycles. The number of rotatable bonds is 6. The molecule has 0 saturated carbocycles. The fourth-order valence-corrected chi connectivity index (χ4v) is 2.75. The zero-order chi connectivity index (χ0) is 16.8. The third-order valence-corrected chi connectivity index (χ3v) is 4.08. The molecule has 1 amide bonds. The van der Waals surface area contributed by atoms with Crippen LogP contribution in [0.5, 0.6) is 0 Å². The summed E-state index contributed by atoms with van der Waals surface area (Å²) in [5.74, 6) is -1.32. The van der Waals surface area contributed by atoms with E-state index in [-0.39, 0.29) is 18.2 Å². The standard InChI is InChI=1S/C13H14ClN5O3S/c14-10-13(19-11(21)8(4-15)22-9(20)5-16)23-12(18-10)7-2-1-3-17-6-7/h1-3,6,8H,4-5,15-16H2,(H,19,21). The van der Waals surface area contributed by atoms with Crippen LogP contribution in [0.15, 0.2) is 24.5 Å². The number of halogens is 1. The minimum atomic E-state index is -1.15. The van der Waals surface area contributed by atoms with Crippen LogP contribution in [0.3, 0.4) is 0 Å². The molecule has 2 rings (SSSR count). The van der Waals surface area contributed by atoms with Crippen LogP contribution in [-0.4, -0.2) is 41.0 Å². The van der Waals surface area contributed by atoms with Crippen molar-refractivity contribution in [3.05, 3.63) is 29.7 Å². The molecule has 0 aliphatic heterocycles. The van der Waals surface area contributed by atoms with Crippen LogP contribution >= 0.6 is 22.9 Å². The van der Waals surface area contributed by atoms with Crippen molar-refractivity contribution in [2.75, 3.05) is 18.4 Å². The number of nitrogens with two attached hydrogens (primary N) is 2. The Morgan fingerprint density at radius 3 is 2.83 bits per heavy atom. The molecule has 0 fully saturated rings. The fourth-order valence-electron chi connectivity index (χ4n) is 1.60. The molecule has 1 unspecified atom stereocenters. The first kappa shape index (κ1) is 17.3. The molecule has 0 aliphatic carbocycles. The Balaban J connectivity index is 2.12. The maximum atomic E-state index is 12.1. The summed E-state index contributed by atoms with van der Waals surface area (Å²) in [6.45, 7) is -0.514. The minimum absolute atomic E-state index is 0.128. The van der Waals surface area contributed by atoms with Gasteiger partial charge in [-0.1, -0.05) is 22.9 Å². The average molecular weight is 356 g/mol. The number of pyridine rings is 1. The molecular weight excluding hydrogens is 342 g/mol. The predicted molar refractivity (Wildman–Crippen MR) is 87.0 cm³/mol. The highest BCUT2D eigenvalue weighted by Gasteiger charge is 2.23. The molecule has 1 atom stereocenters. The van der Waals surface area contributed by atoms with Crippen molar-refractivity contribution in [1.29, 1.82) is 0 Å². The van der Waals surface area contributed by atoms with Gasteiger partial charge in [0.1, 0.15) is 10.0 Å². The van der Waals surface area contributed by atoms with Gasteiger partial charge in [0.05, 0.1) is 6.54 Å². The van der Waals surface area contributed by atoms with Crippen molar-refractivity contribution in [3.63, 3.8) is 0 Å². The molecule has 10 heteroatoms. The van der Waals surface area contributed by atoms with E-state index in [2.05, 4.69) is 15.3 Å². The number of anilines is 1. The molecule has 0 bridgehead atoms. The van der Waals surface area contributed by atoms with Crippen molar-refractivity contribution >= 4 is 39.8 Å². The van der Waals surface area contributed by atoms with Gasteiger partial charge < -0.3 is 21.5 Å². The van der Waals surface area contributed by atoms with Gasteiger partial charge in [0.15, 0.2) is 11.3 Å². The minimum Gasteiger partial charge on any atom is -0.450 e. The van der Waals surface area contributed by atoms with E-state index in [9.17, 15) is 9.59 Å². The summed E-state index contributed by atoms with van der Waals surface area (Å²) in [5.41, 5.74) is 11.3. The highest BCUT2D eigenvalue weighted by Crippen LogP contribution is 2.34. The molecule has 0 spiro atoms. The van der Waals surface area contributed by atoms with Crippen LogP contribution in [-0.2, 0) is 14.3 Å². The normalized spacial score (nSPS) is 11.8. The second-order valence-electron chi connectivity index (χ2n) is 4.29.